The molecule has 0 heterocycles. The number of phenolic OH excluding ortho intramolecular Hbond substituents is 1. The molecule has 142 valence electrons. The molecule has 0 fully saturated rings. The average Bonchev–Trinajstić information content (AvgIpc) is 2.57. The predicted molar refractivity (Wildman–Crippen MR) is 117 cm³/mol. The molecule has 0 radical (unpaired) electrons. The minimum atomic E-state index is -1.44. The molecule has 2 rings (SSSR count). The Labute approximate surface area is 161 Å². The first-order valence-corrected chi connectivity index (χ1v) is 13.3. The second kappa shape index (κ2) is 8.90. The minimum Gasteiger partial charge on any atom is -0.507 e. The Hall–Kier alpha value is -1.54. The van der Waals surface area contributed by atoms with E-state index in [-0.39, 0.29) is 0 Å². The molecule has 0 spiro atoms. The van der Waals surface area contributed by atoms with Gasteiger partial charge in [-0.05, 0) is 53.8 Å². The Morgan fingerprint density at radius 2 is 1.35 bits per heavy atom. The summed E-state index contributed by atoms with van der Waals surface area (Å²) in [7, 11) is -1.44. The summed E-state index contributed by atoms with van der Waals surface area (Å²) in [6.07, 6.45) is 3.00. The molecule has 26 heavy (non-hydrogen) atoms. The smallest absolute Gasteiger partial charge is 0.121 e. The van der Waals surface area contributed by atoms with Crippen molar-refractivity contribution in [3.63, 3.8) is 0 Å². The zero-order chi connectivity index (χ0) is 19.3. The van der Waals surface area contributed by atoms with Crippen LogP contribution in [0.25, 0.3) is 0 Å². The molecule has 0 atom stereocenters. The van der Waals surface area contributed by atoms with Crippen molar-refractivity contribution in [2.75, 3.05) is 0 Å². The molecule has 0 saturated heterocycles. The summed E-state index contributed by atoms with van der Waals surface area (Å²) in [5, 5.41) is 12.3. The Morgan fingerprint density at radius 1 is 0.846 bits per heavy atom. The van der Waals surface area contributed by atoms with E-state index in [4.69, 9.17) is 0 Å². The van der Waals surface area contributed by atoms with Crippen molar-refractivity contribution >= 4 is 13.3 Å². The van der Waals surface area contributed by atoms with E-state index in [1.54, 1.807) is 0 Å². The molecule has 0 aliphatic heterocycles. The first-order chi connectivity index (χ1) is 12.2. The third-order valence-corrected chi connectivity index (χ3v) is 8.57. The molecular weight excluding hydrogens is 332 g/mol. The van der Waals surface area contributed by atoms with Crippen LogP contribution in [0.3, 0.4) is 0 Å². The Bertz CT molecular complexity index is 670. The average molecular weight is 369 g/mol. The fraction of sp³-hybridized carbons (Fsp3) is 0.500. The quantitative estimate of drug-likeness (QED) is 0.571. The molecule has 0 saturated carbocycles. The van der Waals surface area contributed by atoms with Crippen LogP contribution < -0.4 is 5.19 Å². The number of hydrogen-bond donors (Lipinski definition) is 1. The normalized spacial score (nSPS) is 12.2. The number of aryl methyl sites for hydroxylation is 1. The first kappa shape index (κ1) is 20.8. The zero-order valence-corrected chi connectivity index (χ0v) is 18.5. The summed E-state index contributed by atoms with van der Waals surface area (Å²) in [5.74, 6) is 1.65. The minimum absolute atomic E-state index is 0.538. The standard InChI is InChI=1S/C24H36OSi/c1-18(2)14-21-16-20(17-22(24(21)25)15-19(3)4)12-13-26(5,6)23-10-8-7-9-11-23/h7-11,16-19,25H,12-15H2,1-6H3. The highest BCUT2D eigenvalue weighted by Gasteiger charge is 2.23. The molecule has 2 aromatic carbocycles. The Balaban J connectivity index is 2.24. The van der Waals surface area contributed by atoms with Gasteiger partial charge in [0.05, 0.1) is 8.07 Å². The van der Waals surface area contributed by atoms with E-state index in [0.29, 0.717) is 17.6 Å². The van der Waals surface area contributed by atoms with Crippen molar-refractivity contribution in [3.8, 4) is 5.75 Å². The lowest BCUT2D eigenvalue weighted by atomic mass is 9.92. The largest absolute Gasteiger partial charge is 0.507 e. The van der Waals surface area contributed by atoms with Gasteiger partial charge >= 0.3 is 0 Å². The number of hydrogen-bond acceptors (Lipinski definition) is 1. The van der Waals surface area contributed by atoms with Crippen LogP contribution in [0.15, 0.2) is 42.5 Å². The van der Waals surface area contributed by atoms with Crippen molar-refractivity contribution in [1.29, 1.82) is 0 Å². The fourth-order valence-corrected chi connectivity index (χ4v) is 5.96. The van der Waals surface area contributed by atoms with Crippen LogP contribution in [0, 0.1) is 11.8 Å². The van der Waals surface area contributed by atoms with Crippen LogP contribution in [-0.4, -0.2) is 13.2 Å². The highest BCUT2D eigenvalue weighted by Crippen LogP contribution is 2.30. The molecule has 0 aromatic heterocycles. The molecule has 2 heteroatoms. The van der Waals surface area contributed by atoms with E-state index in [0.717, 1.165) is 30.4 Å². The third kappa shape index (κ3) is 5.74. The lowest BCUT2D eigenvalue weighted by molar-refractivity contribution is 0.450. The summed E-state index contributed by atoms with van der Waals surface area (Å²) in [4.78, 5) is 0. The maximum atomic E-state index is 10.7. The number of aromatic hydroxyl groups is 1. The number of benzene rings is 2. The summed E-state index contributed by atoms with van der Waals surface area (Å²) in [6, 6.07) is 16.8. The van der Waals surface area contributed by atoms with E-state index >= 15 is 0 Å². The van der Waals surface area contributed by atoms with E-state index in [1.807, 2.05) is 0 Å². The molecule has 0 amide bonds. The van der Waals surface area contributed by atoms with Gasteiger partial charge in [-0.1, -0.05) is 88.4 Å². The maximum Gasteiger partial charge on any atom is 0.121 e. The van der Waals surface area contributed by atoms with Gasteiger partial charge in [-0.3, -0.25) is 0 Å². The number of rotatable bonds is 8. The third-order valence-electron chi connectivity index (χ3n) is 5.18. The van der Waals surface area contributed by atoms with Crippen LogP contribution in [-0.2, 0) is 19.3 Å². The van der Waals surface area contributed by atoms with Crippen molar-refractivity contribution in [3.05, 3.63) is 59.2 Å². The van der Waals surface area contributed by atoms with Gasteiger partial charge in [0.1, 0.15) is 5.75 Å². The second-order valence-corrected chi connectivity index (χ2v) is 14.1. The van der Waals surface area contributed by atoms with Gasteiger partial charge in [-0.25, -0.2) is 0 Å². The summed E-state index contributed by atoms with van der Waals surface area (Å²) >= 11 is 0. The van der Waals surface area contributed by atoms with Crippen molar-refractivity contribution in [2.45, 2.75) is 66.1 Å². The van der Waals surface area contributed by atoms with Crippen LogP contribution in [0.2, 0.25) is 19.1 Å². The van der Waals surface area contributed by atoms with Gasteiger partial charge in [-0.15, -0.1) is 0 Å². The van der Waals surface area contributed by atoms with Crippen molar-refractivity contribution < 1.29 is 5.11 Å². The lowest BCUT2D eigenvalue weighted by Gasteiger charge is -2.23. The van der Waals surface area contributed by atoms with Crippen LogP contribution in [0.1, 0.15) is 44.4 Å². The van der Waals surface area contributed by atoms with Gasteiger partial charge in [0.2, 0.25) is 0 Å². The molecule has 1 N–H and O–H groups in total. The van der Waals surface area contributed by atoms with E-state index in [2.05, 4.69) is 83.3 Å². The van der Waals surface area contributed by atoms with Gasteiger partial charge in [0.15, 0.2) is 0 Å². The monoisotopic (exact) mass is 368 g/mol. The van der Waals surface area contributed by atoms with E-state index < -0.39 is 8.07 Å². The fourth-order valence-electron chi connectivity index (χ4n) is 3.66. The molecule has 0 unspecified atom stereocenters. The number of phenols is 1. The predicted octanol–water partition coefficient (Wildman–Crippen LogP) is 5.95. The highest BCUT2D eigenvalue weighted by molar-refractivity contribution is 6.89. The maximum absolute atomic E-state index is 10.7. The zero-order valence-electron chi connectivity index (χ0n) is 17.5. The van der Waals surface area contributed by atoms with Crippen LogP contribution >= 0.6 is 0 Å². The second-order valence-electron chi connectivity index (χ2n) is 9.21. The lowest BCUT2D eigenvalue weighted by Crippen LogP contribution is -2.41. The first-order valence-electron chi connectivity index (χ1n) is 10.1. The van der Waals surface area contributed by atoms with Gasteiger partial charge < -0.3 is 5.11 Å². The molecule has 0 aliphatic rings. The Kier molecular flexibility index (Phi) is 7.11. The van der Waals surface area contributed by atoms with Crippen molar-refractivity contribution in [1.82, 2.24) is 0 Å². The van der Waals surface area contributed by atoms with Crippen LogP contribution in [0.4, 0.5) is 0 Å². The highest BCUT2D eigenvalue weighted by atomic mass is 28.3. The summed E-state index contributed by atoms with van der Waals surface area (Å²) in [5.41, 5.74) is 3.66. The van der Waals surface area contributed by atoms with E-state index in [1.165, 1.54) is 16.8 Å². The molecule has 1 nitrogen and oxygen atoms in total. The van der Waals surface area contributed by atoms with Crippen molar-refractivity contribution in [2.24, 2.45) is 11.8 Å². The SMILES string of the molecule is CC(C)Cc1cc(CC[Si](C)(C)c2ccccc2)cc(CC(C)C)c1O. The topological polar surface area (TPSA) is 20.2 Å². The molecule has 0 aliphatic carbocycles. The van der Waals surface area contributed by atoms with Crippen LogP contribution in [0.5, 0.6) is 5.75 Å². The summed E-state index contributed by atoms with van der Waals surface area (Å²) < 4.78 is 0. The Morgan fingerprint density at radius 3 is 1.81 bits per heavy atom. The van der Waals surface area contributed by atoms with E-state index in [9.17, 15) is 5.11 Å². The molecular formula is C24H36OSi. The van der Waals surface area contributed by atoms with Gasteiger partial charge in [0.25, 0.3) is 0 Å². The molecule has 2 aromatic rings. The summed E-state index contributed by atoms with van der Waals surface area (Å²) in [6.45, 7) is 13.8. The van der Waals surface area contributed by atoms with Gasteiger partial charge in [-0.2, -0.15) is 0 Å². The molecule has 0 bridgehead atoms. The van der Waals surface area contributed by atoms with Gasteiger partial charge in [0, 0.05) is 0 Å².